The highest BCUT2D eigenvalue weighted by Crippen LogP contribution is 2.42. The summed E-state index contributed by atoms with van der Waals surface area (Å²) in [5.74, 6) is 0.710. The molecule has 0 N–H and O–H groups in total. The van der Waals surface area contributed by atoms with Crippen LogP contribution in [0.3, 0.4) is 0 Å². The number of pyridine rings is 1. The zero-order valence-corrected chi connectivity index (χ0v) is 14.0. The fraction of sp³-hybridized carbons (Fsp3) is 0.375. The van der Waals surface area contributed by atoms with Crippen LogP contribution in [0.2, 0.25) is 0 Å². The lowest BCUT2D eigenvalue weighted by molar-refractivity contribution is -0.133. The number of esters is 1. The Morgan fingerprint density at radius 1 is 1.39 bits per heavy atom. The number of thiophene rings is 1. The molecule has 0 saturated heterocycles. The predicted molar refractivity (Wildman–Crippen MR) is 90.9 cm³/mol. The van der Waals surface area contributed by atoms with Crippen molar-refractivity contribution in [2.75, 3.05) is 20.2 Å². The van der Waals surface area contributed by atoms with Crippen LogP contribution in [0.1, 0.15) is 22.6 Å². The van der Waals surface area contributed by atoms with Gasteiger partial charge < -0.3 is 9.64 Å². The van der Waals surface area contributed by atoms with E-state index in [4.69, 9.17) is 4.74 Å². The quantitative estimate of drug-likeness (QED) is 0.755. The van der Waals surface area contributed by atoms with Crippen molar-refractivity contribution < 1.29 is 9.53 Å². The van der Waals surface area contributed by atoms with Crippen molar-refractivity contribution in [1.29, 1.82) is 0 Å². The first-order chi connectivity index (χ1) is 11.1. The van der Waals surface area contributed by atoms with Gasteiger partial charge in [-0.1, -0.05) is 0 Å². The van der Waals surface area contributed by atoms with Gasteiger partial charge in [-0.05, 0) is 31.9 Å². The van der Waals surface area contributed by atoms with Crippen LogP contribution in [0.25, 0.3) is 10.2 Å². The van der Waals surface area contributed by atoms with Gasteiger partial charge >= 0.3 is 5.97 Å². The SMILES string of the molecule is COC(=O)C1=Nc2c(sc3nc(C)cc(C)c23)C2=NCCCN12. The van der Waals surface area contributed by atoms with E-state index in [1.54, 1.807) is 11.3 Å². The summed E-state index contributed by atoms with van der Waals surface area (Å²) in [4.78, 5) is 29.9. The molecule has 4 heterocycles. The zero-order chi connectivity index (χ0) is 16.1. The predicted octanol–water partition coefficient (Wildman–Crippen LogP) is 2.58. The third-order valence-corrected chi connectivity index (χ3v) is 5.13. The van der Waals surface area contributed by atoms with Crippen LogP contribution in [0.4, 0.5) is 5.69 Å². The van der Waals surface area contributed by atoms with Crippen LogP contribution in [-0.4, -0.2) is 47.7 Å². The van der Waals surface area contributed by atoms with Gasteiger partial charge in [-0.15, -0.1) is 11.3 Å². The van der Waals surface area contributed by atoms with Crippen molar-refractivity contribution in [3.05, 3.63) is 22.2 Å². The van der Waals surface area contributed by atoms with Crippen LogP contribution in [0.5, 0.6) is 0 Å². The molecule has 0 radical (unpaired) electrons. The lowest BCUT2D eigenvalue weighted by Crippen LogP contribution is -2.46. The molecule has 2 aromatic rings. The number of aryl methyl sites for hydroxylation is 2. The molecule has 6 nitrogen and oxygen atoms in total. The summed E-state index contributed by atoms with van der Waals surface area (Å²) in [5, 5.41) is 1.00. The topological polar surface area (TPSA) is 67.1 Å². The van der Waals surface area contributed by atoms with Gasteiger partial charge in [-0.25, -0.2) is 14.8 Å². The van der Waals surface area contributed by atoms with Crippen LogP contribution in [0.15, 0.2) is 16.1 Å². The third kappa shape index (κ3) is 2.07. The maximum absolute atomic E-state index is 12.2. The van der Waals surface area contributed by atoms with Crippen molar-refractivity contribution in [1.82, 2.24) is 9.88 Å². The minimum Gasteiger partial charge on any atom is -0.463 e. The van der Waals surface area contributed by atoms with E-state index >= 15 is 0 Å². The summed E-state index contributed by atoms with van der Waals surface area (Å²) in [6.07, 6.45) is 0.899. The van der Waals surface area contributed by atoms with Gasteiger partial charge in [0.25, 0.3) is 0 Å². The van der Waals surface area contributed by atoms with Gasteiger partial charge in [0.2, 0.25) is 5.84 Å². The maximum atomic E-state index is 12.2. The van der Waals surface area contributed by atoms with E-state index in [1.807, 2.05) is 24.8 Å². The van der Waals surface area contributed by atoms with E-state index in [0.29, 0.717) is 5.84 Å². The monoisotopic (exact) mass is 328 g/mol. The molecule has 0 aromatic carbocycles. The molecule has 2 aliphatic rings. The zero-order valence-electron chi connectivity index (χ0n) is 13.2. The van der Waals surface area contributed by atoms with Crippen LogP contribution < -0.4 is 0 Å². The second kappa shape index (κ2) is 5.13. The molecule has 23 heavy (non-hydrogen) atoms. The number of carbonyl (C=O) groups excluding carboxylic acids is 1. The molecule has 2 aliphatic heterocycles. The molecule has 7 heteroatoms. The third-order valence-electron chi connectivity index (χ3n) is 4.06. The molecule has 2 aromatic heterocycles. The van der Waals surface area contributed by atoms with Crippen molar-refractivity contribution in [3.63, 3.8) is 0 Å². The molecule has 0 fully saturated rings. The van der Waals surface area contributed by atoms with E-state index in [2.05, 4.69) is 15.0 Å². The number of fused-ring (bicyclic) bond motifs is 5. The molecule has 0 spiro atoms. The summed E-state index contributed by atoms with van der Waals surface area (Å²) in [5.41, 5.74) is 2.89. The number of rotatable bonds is 1. The van der Waals surface area contributed by atoms with E-state index in [9.17, 15) is 4.79 Å². The fourth-order valence-electron chi connectivity index (χ4n) is 3.10. The summed E-state index contributed by atoms with van der Waals surface area (Å²) in [6, 6.07) is 2.04. The van der Waals surface area contributed by atoms with E-state index in [-0.39, 0.29) is 0 Å². The van der Waals surface area contributed by atoms with Crippen molar-refractivity contribution in [3.8, 4) is 0 Å². The smallest absolute Gasteiger partial charge is 0.374 e. The van der Waals surface area contributed by atoms with Gasteiger partial charge in [0.1, 0.15) is 10.7 Å². The molecule has 0 saturated carbocycles. The van der Waals surface area contributed by atoms with Gasteiger partial charge in [-0.3, -0.25) is 4.99 Å². The highest BCUT2D eigenvalue weighted by atomic mass is 32.1. The summed E-state index contributed by atoms with van der Waals surface area (Å²) < 4.78 is 4.91. The first-order valence-electron chi connectivity index (χ1n) is 7.50. The number of ether oxygens (including phenoxy) is 1. The second-order valence-corrected chi connectivity index (χ2v) is 6.68. The molecule has 0 amide bonds. The molecular weight excluding hydrogens is 312 g/mol. The Kier molecular flexibility index (Phi) is 3.19. The summed E-state index contributed by atoms with van der Waals surface area (Å²) in [6.45, 7) is 5.52. The number of nitrogens with zero attached hydrogens (tertiary/aromatic N) is 4. The fourth-order valence-corrected chi connectivity index (χ4v) is 4.35. The summed E-state index contributed by atoms with van der Waals surface area (Å²) in [7, 11) is 1.38. The average Bonchev–Trinajstić information content (AvgIpc) is 2.91. The molecule has 118 valence electrons. The first-order valence-corrected chi connectivity index (χ1v) is 8.32. The van der Waals surface area contributed by atoms with Crippen molar-refractivity contribution >= 4 is 44.9 Å². The molecular formula is C16H16N4O2S. The minimum absolute atomic E-state index is 0.318. The van der Waals surface area contributed by atoms with Crippen LogP contribution >= 0.6 is 11.3 Å². The molecule has 0 bridgehead atoms. The largest absolute Gasteiger partial charge is 0.463 e. The maximum Gasteiger partial charge on any atom is 0.374 e. The molecule has 4 rings (SSSR count). The van der Waals surface area contributed by atoms with E-state index < -0.39 is 5.97 Å². The Balaban J connectivity index is 2.05. The Morgan fingerprint density at radius 3 is 3.00 bits per heavy atom. The number of aliphatic imine (C=N–C) groups is 2. The molecule has 0 atom stereocenters. The summed E-state index contributed by atoms with van der Waals surface area (Å²) >= 11 is 1.59. The Hall–Kier alpha value is -2.28. The highest BCUT2D eigenvalue weighted by molar-refractivity contribution is 7.21. The highest BCUT2D eigenvalue weighted by Gasteiger charge is 2.35. The number of carbonyl (C=O) groups is 1. The molecule has 0 aliphatic carbocycles. The number of methoxy groups -OCH3 is 1. The first kappa shape index (κ1) is 14.3. The van der Waals surface area contributed by atoms with Gasteiger partial charge in [-0.2, -0.15) is 0 Å². The van der Waals surface area contributed by atoms with E-state index in [0.717, 1.165) is 57.4 Å². The molecule has 0 unspecified atom stereocenters. The number of hydrogen-bond acceptors (Lipinski definition) is 7. The lowest BCUT2D eigenvalue weighted by atomic mass is 10.1. The van der Waals surface area contributed by atoms with E-state index in [1.165, 1.54) is 7.11 Å². The Morgan fingerprint density at radius 2 is 2.22 bits per heavy atom. The standard InChI is InChI=1S/C16H16N4O2S/c1-8-7-9(2)18-15-10(8)11-12(23-15)13-17-5-4-6-20(13)14(19-11)16(21)22-3/h7H,4-6H2,1-3H3. The van der Waals surface area contributed by atoms with Gasteiger partial charge in [0.05, 0.1) is 17.7 Å². The van der Waals surface area contributed by atoms with Crippen molar-refractivity contribution in [2.45, 2.75) is 20.3 Å². The Labute approximate surface area is 137 Å². The van der Waals surface area contributed by atoms with Crippen molar-refractivity contribution in [2.24, 2.45) is 9.98 Å². The number of hydrogen-bond donors (Lipinski definition) is 0. The minimum atomic E-state index is -0.428. The lowest BCUT2D eigenvalue weighted by Gasteiger charge is -2.31. The number of amidine groups is 2. The average molecular weight is 328 g/mol. The van der Waals surface area contributed by atoms with Gasteiger partial charge in [0.15, 0.2) is 0 Å². The second-order valence-electron chi connectivity index (χ2n) is 5.68. The number of aromatic nitrogens is 1. The normalized spacial score (nSPS) is 16.6. The van der Waals surface area contributed by atoms with Crippen LogP contribution in [-0.2, 0) is 9.53 Å². The Bertz CT molecular complexity index is 897. The van der Waals surface area contributed by atoms with Gasteiger partial charge in [0, 0.05) is 24.2 Å². The van der Waals surface area contributed by atoms with Crippen LogP contribution in [0, 0.1) is 13.8 Å².